The predicted octanol–water partition coefficient (Wildman–Crippen LogP) is 2.11. The van der Waals surface area contributed by atoms with Crippen molar-refractivity contribution in [3.63, 3.8) is 0 Å². The molecule has 2 aromatic rings. The fourth-order valence-corrected chi connectivity index (χ4v) is 1.80. The van der Waals surface area contributed by atoms with Gasteiger partial charge in [0.1, 0.15) is 0 Å². The van der Waals surface area contributed by atoms with Gasteiger partial charge in [0.2, 0.25) is 0 Å². The van der Waals surface area contributed by atoms with Gasteiger partial charge in [0.05, 0.1) is 18.2 Å². The standard InChI is InChI=1S/C14H17N3O/c1-4-11-5-6-12(15-8-11)7-14(18)13-9-16-17(3)10(13)2/h5-6,8-9H,4,7H2,1-3H3. The molecule has 0 aliphatic carbocycles. The SMILES string of the molecule is CCc1ccc(CC(=O)c2cnn(C)c2C)nc1. The van der Waals surface area contributed by atoms with Crippen LogP contribution in [0.4, 0.5) is 0 Å². The van der Waals surface area contributed by atoms with Crippen LogP contribution >= 0.6 is 0 Å². The maximum atomic E-state index is 12.1. The highest BCUT2D eigenvalue weighted by molar-refractivity contribution is 5.98. The van der Waals surface area contributed by atoms with Crippen molar-refractivity contribution in [2.75, 3.05) is 0 Å². The molecule has 0 bridgehead atoms. The molecule has 0 amide bonds. The Morgan fingerprint density at radius 1 is 1.33 bits per heavy atom. The topological polar surface area (TPSA) is 47.8 Å². The van der Waals surface area contributed by atoms with E-state index in [0.717, 1.165) is 17.8 Å². The van der Waals surface area contributed by atoms with E-state index in [1.807, 2.05) is 32.3 Å². The van der Waals surface area contributed by atoms with Crippen LogP contribution in [-0.4, -0.2) is 20.5 Å². The highest BCUT2D eigenvalue weighted by Crippen LogP contribution is 2.10. The molecule has 0 aliphatic heterocycles. The molecule has 0 aliphatic rings. The van der Waals surface area contributed by atoms with Gasteiger partial charge < -0.3 is 0 Å². The van der Waals surface area contributed by atoms with Crippen molar-refractivity contribution >= 4 is 5.78 Å². The molecule has 94 valence electrons. The Labute approximate surface area is 107 Å². The first-order valence-electron chi connectivity index (χ1n) is 6.07. The van der Waals surface area contributed by atoms with Crippen LogP contribution in [0, 0.1) is 6.92 Å². The molecule has 0 N–H and O–H groups in total. The zero-order chi connectivity index (χ0) is 13.1. The van der Waals surface area contributed by atoms with Crippen molar-refractivity contribution in [2.24, 2.45) is 7.05 Å². The summed E-state index contributed by atoms with van der Waals surface area (Å²) in [4.78, 5) is 16.4. The Morgan fingerprint density at radius 2 is 2.11 bits per heavy atom. The first-order valence-corrected chi connectivity index (χ1v) is 6.07. The number of Topliss-reactive ketones (excluding diaryl/α,β-unsaturated/α-hetero) is 1. The van der Waals surface area contributed by atoms with E-state index in [0.29, 0.717) is 12.0 Å². The fraction of sp³-hybridized carbons (Fsp3) is 0.357. The number of nitrogens with zero attached hydrogens (tertiary/aromatic N) is 3. The lowest BCUT2D eigenvalue weighted by atomic mass is 10.1. The largest absolute Gasteiger partial charge is 0.294 e. The molecule has 0 saturated carbocycles. The average molecular weight is 243 g/mol. The molecular weight excluding hydrogens is 226 g/mol. The van der Waals surface area contributed by atoms with Crippen molar-refractivity contribution in [3.05, 3.63) is 47.0 Å². The van der Waals surface area contributed by atoms with Crippen LogP contribution in [0.1, 0.15) is 34.2 Å². The number of aromatic nitrogens is 3. The number of ketones is 1. The van der Waals surface area contributed by atoms with E-state index < -0.39 is 0 Å². The van der Waals surface area contributed by atoms with E-state index in [4.69, 9.17) is 0 Å². The third-order valence-electron chi connectivity index (χ3n) is 3.17. The number of pyridine rings is 1. The first kappa shape index (κ1) is 12.5. The monoisotopic (exact) mass is 243 g/mol. The van der Waals surface area contributed by atoms with Crippen molar-refractivity contribution in [3.8, 4) is 0 Å². The van der Waals surface area contributed by atoms with Crippen LogP contribution in [0.25, 0.3) is 0 Å². The molecule has 18 heavy (non-hydrogen) atoms. The van der Waals surface area contributed by atoms with Gasteiger partial charge in [-0.3, -0.25) is 14.5 Å². The van der Waals surface area contributed by atoms with Crippen LogP contribution in [0.5, 0.6) is 0 Å². The highest BCUT2D eigenvalue weighted by atomic mass is 16.1. The van der Waals surface area contributed by atoms with Crippen molar-refractivity contribution in [2.45, 2.75) is 26.7 Å². The van der Waals surface area contributed by atoms with Gasteiger partial charge in [0.15, 0.2) is 5.78 Å². The van der Waals surface area contributed by atoms with Gasteiger partial charge in [0.25, 0.3) is 0 Å². The van der Waals surface area contributed by atoms with Gasteiger partial charge in [0, 0.05) is 24.6 Å². The van der Waals surface area contributed by atoms with E-state index in [9.17, 15) is 4.79 Å². The first-order chi connectivity index (χ1) is 8.61. The van der Waals surface area contributed by atoms with Gasteiger partial charge in [-0.15, -0.1) is 0 Å². The van der Waals surface area contributed by atoms with E-state index in [1.165, 1.54) is 5.56 Å². The molecule has 0 spiro atoms. The number of aryl methyl sites for hydroxylation is 2. The second-order valence-corrected chi connectivity index (χ2v) is 4.38. The number of carbonyl (C=O) groups excluding carboxylic acids is 1. The molecule has 0 atom stereocenters. The Bertz CT molecular complexity index is 555. The number of hydrogen-bond acceptors (Lipinski definition) is 3. The van der Waals surface area contributed by atoms with Crippen LogP contribution in [0.15, 0.2) is 24.5 Å². The second kappa shape index (κ2) is 5.12. The minimum atomic E-state index is 0.0670. The van der Waals surface area contributed by atoms with Crippen LogP contribution in [0.3, 0.4) is 0 Å². The maximum absolute atomic E-state index is 12.1. The minimum Gasteiger partial charge on any atom is -0.294 e. The van der Waals surface area contributed by atoms with Gasteiger partial charge in [-0.05, 0) is 25.0 Å². The predicted molar refractivity (Wildman–Crippen MR) is 69.6 cm³/mol. The van der Waals surface area contributed by atoms with E-state index in [-0.39, 0.29) is 5.78 Å². The van der Waals surface area contributed by atoms with E-state index >= 15 is 0 Å². The van der Waals surface area contributed by atoms with Crippen LogP contribution in [-0.2, 0) is 19.9 Å². The summed E-state index contributed by atoms with van der Waals surface area (Å²) in [7, 11) is 1.83. The molecule has 0 aromatic carbocycles. The molecule has 2 rings (SSSR count). The summed E-state index contributed by atoms with van der Waals surface area (Å²) in [5, 5.41) is 4.08. The quantitative estimate of drug-likeness (QED) is 0.773. The van der Waals surface area contributed by atoms with Crippen LogP contribution in [0.2, 0.25) is 0 Å². The Balaban J connectivity index is 2.13. The summed E-state index contributed by atoms with van der Waals surface area (Å²) in [6.07, 6.45) is 4.75. The lowest BCUT2D eigenvalue weighted by Gasteiger charge is -2.02. The molecule has 0 fully saturated rings. The molecule has 4 nitrogen and oxygen atoms in total. The lowest BCUT2D eigenvalue weighted by molar-refractivity contribution is 0.0991. The Hall–Kier alpha value is -1.97. The van der Waals surface area contributed by atoms with Crippen molar-refractivity contribution in [1.29, 1.82) is 0 Å². The van der Waals surface area contributed by atoms with Crippen LogP contribution < -0.4 is 0 Å². The highest BCUT2D eigenvalue weighted by Gasteiger charge is 2.13. The summed E-state index contributed by atoms with van der Waals surface area (Å²) in [6, 6.07) is 3.94. The smallest absolute Gasteiger partial charge is 0.172 e. The minimum absolute atomic E-state index is 0.0670. The Kier molecular flexibility index (Phi) is 3.55. The maximum Gasteiger partial charge on any atom is 0.172 e. The summed E-state index contributed by atoms with van der Waals surface area (Å²) >= 11 is 0. The molecule has 0 unspecified atom stereocenters. The average Bonchev–Trinajstić information content (AvgIpc) is 2.71. The van der Waals surface area contributed by atoms with Crippen molar-refractivity contribution < 1.29 is 4.79 Å². The third-order valence-corrected chi connectivity index (χ3v) is 3.17. The molecular formula is C14H17N3O. The second-order valence-electron chi connectivity index (χ2n) is 4.38. The van der Waals surface area contributed by atoms with Gasteiger partial charge >= 0.3 is 0 Å². The third kappa shape index (κ3) is 2.47. The zero-order valence-corrected chi connectivity index (χ0v) is 11.0. The molecule has 4 heteroatoms. The van der Waals surface area contributed by atoms with Gasteiger partial charge in [-0.2, -0.15) is 5.10 Å². The van der Waals surface area contributed by atoms with E-state index in [1.54, 1.807) is 10.9 Å². The molecule has 0 radical (unpaired) electrons. The van der Waals surface area contributed by atoms with Crippen molar-refractivity contribution in [1.82, 2.24) is 14.8 Å². The molecule has 2 aromatic heterocycles. The fourth-order valence-electron chi connectivity index (χ4n) is 1.80. The summed E-state index contributed by atoms with van der Waals surface area (Å²) in [5.74, 6) is 0.0670. The number of hydrogen-bond donors (Lipinski definition) is 0. The lowest BCUT2D eigenvalue weighted by Crippen LogP contribution is -2.06. The summed E-state index contributed by atoms with van der Waals surface area (Å²) < 4.78 is 1.71. The summed E-state index contributed by atoms with van der Waals surface area (Å²) in [5.41, 5.74) is 3.56. The molecule has 0 saturated heterocycles. The number of rotatable bonds is 4. The number of carbonyl (C=O) groups is 1. The van der Waals surface area contributed by atoms with Gasteiger partial charge in [-0.1, -0.05) is 13.0 Å². The Morgan fingerprint density at radius 3 is 2.61 bits per heavy atom. The van der Waals surface area contributed by atoms with E-state index in [2.05, 4.69) is 17.0 Å². The van der Waals surface area contributed by atoms with Gasteiger partial charge in [-0.25, -0.2) is 0 Å². The normalized spacial score (nSPS) is 10.6. The zero-order valence-electron chi connectivity index (χ0n) is 11.0. The molecule has 2 heterocycles. The summed E-state index contributed by atoms with van der Waals surface area (Å²) in [6.45, 7) is 3.98.